The van der Waals surface area contributed by atoms with Gasteiger partial charge in [0.25, 0.3) is 0 Å². The Morgan fingerprint density at radius 3 is 2.34 bits per heavy atom. The topological polar surface area (TPSA) is 78.5 Å². The Morgan fingerprint density at radius 1 is 0.932 bits per heavy atom. The zero-order valence-corrected chi connectivity index (χ0v) is 28.2. The van der Waals surface area contributed by atoms with Crippen LogP contribution in [-0.2, 0) is 21.2 Å². The van der Waals surface area contributed by atoms with Crippen LogP contribution in [0.15, 0.2) is 71.6 Å². The van der Waals surface area contributed by atoms with Crippen LogP contribution >= 0.6 is 34.8 Å². The maximum atomic E-state index is 13.8. The zero-order valence-electron chi connectivity index (χ0n) is 25.2. The molecule has 0 radical (unpaired) electrons. The van der Waals surface area contributed by atoms with Gasteiger partial charge in [-0.05, 0) is 105 Å². The predicted octanol–water partition coefficient (Wildman–Crippen LogP) is 8.53. The molecular formula is C34H40Cl3N3O3S. The molecule has 1 heterocycles. The molecule has 1 unspecified atom stereocenters. The molecule has 0 bridgehead atoms. The highest BCUT2D eigenvalue weighted by atomic mass is 35.5. The van der Waals surface area contributed by atoms with Crippen LogP contribution in [0.3, 0.4) is 0 Å². The lowest BCUT2D eigenvalue weighted by molar-refractivity contribution is -0.122. The van der Waals surface area contributed by atoms with Gasteiger partial charge in [-0.2, -0.15) is 4.31 Å². The largest absolute Gasteiger partial charge is 0.380 e. The predicted molar refractivity (Wildman–Crippen MR) is 180 cm³/mol. The number of fused-ring (bicyclic) bond motifs is 1. The molecule has 1 saturated carbocycles. The number of hydrogen-bond acceptors (Lipinski definition) is 4. The lowest BCUT2D eigenvalue weighted by Gasteiger charge is -2.40. The van der Waals surface area contributed by atoms with E-state index in [0.29, 0.717) is 24.8 Å². The van der Waals surface area contributed by atoms with Gasteiger partial charge in [-0.15, -0.1) is 0 Å². The van der Waals surface area contributed by atoms with Gasteiger partial charge < -0.3 is 10.6 Å². The summed E-state index contributed by atoms with van der Waals surface area (Å²) in [4.78, 5) is 13.3. The zero-order chi connectivity index (χ0) is 31.5. The Bertz CT molecular complexity index is 1570. The summed E-state index contributed by atoms with van der Waals surface area (Å²) in [6.07, 6.45) is 6.05. The van der Waals surface area contributed by atoms with E-state index in [0.717, 1.165) is 53.9 Å². The molecule has 6 nitrogen and oxygen atoms in total. The first kappa shape index (κ1) is 33.1. The number of hydrogen-bond donors (Lipinski definition) is 2. The summed E-state index contributed by atoms with van der Waals surface area (Å²) in [6.45, 7) is 5.39. The van der Waals surface area contributed by atoms with E-state index in [4.69, 9.17) is 34.8 Å². The molecule has 236 valence electrons. The summed E-state index contributed by atoms with van der Waals surface area (Å²) in [5.74, 6) is 0.960. The molecule has 1 fully saturated rings. The minimum atomic E-state index is -3.92. The van der Waals surface area contributed by atoms with E-state index in [1.165, 1.54) is 22.5 Å². The number of anilines is 1. The fourth-order valence-electron chi connectivity index (χ4n) is 6.74. The Kier molecular flexibility index (Phi) is 10.5. The second kappa shape index (κ2) is 14.0. The highest BCUT2D eigenvalue weighted by Gasteiger charge is 2.38. The third-order valence-corrected chi connectivity index (χ3v) is 12.2. The number of carbonyl (C=O) groups excluding carboxylic acids is 1. The van der Waals surface area contributed by atoms with Crippen LogP contribution in [0.25, 0.3) is 0 Å². The third-order valence-electron chi connectivity index (χ3n) is 9.29. The van der Waals surface area contributed by atoms with Crippen LogP contribution in [0.5, 0.6) is 0 Å². The Balaban J connectivity index is 1.16. The third kappa shape index (κ3) is 7.73. The van der Waals surface area contributed by atoms with Crippen LogP contribution in [-0.4, -0.2) is 37.3 Å². The Labute approximate surface area is 276 Å². The Hall–Kier alpha value is -2.29. The first-order valence-corrected chi connectivity index (χ1v) is 17.9. The van der Waals surface area contributed by atoms with Crippen LogP contribution in [0.1, 0.15) is 69.5 Å². The van der Waals surface area contributed by atoms with Crippen molar-refractivity contribution >= 4 is 56.4 Å². The van der Waals surface area contributed by atoms with Gasteiger partial charge in [0.1, 0.15) is 0 Å². The SMILES string of the molecule is CC(C)(Nc1ccc(Cl)cc1)C1CCC(CCNC(=O)CC2c3ccccc3CCN2S(=O)(=O)c2ccc(Cl)c(Cl)c2)CC1. The quantitative estimate of drug-likeness (QED) is 0.226. The lowest BCUT2D eigenvalue weighted by Crippen LogP contribution is -2.42. The van der Waals surface area contributed by atoms with Crippen molar-refractivity contribution in [1.29, 1.82) is 0 Å². The molecule has 0 saturated heterocycles. The molecule has 10 heteroatoms. The molecule has 2 aliphatic rings. The molecule has 0 aromatic heterocycles. The van der Waals surface area contributed by atoms with Crippen LogP contribution in [0, 0.1) is 11.8 Å². The number of benzene rings is 3. The maximum absolute atomic E-state index is 13.8. The van der Waals surface area contributed by atoms with E-state index in [9.17, 15) is 13.2 Å². The van der Waals surface area contributed by atoms with Gasteiger partial charge in [-0.25, -0.2) is 8.42 Å². The number of carbonyl (C=O) groups is 1. The van der Waals surface area contributed by atoms with E-state index in [1.54, 1.807) is 0 Å². The number of halogens is 3. The van der Waals surface area contributed by atoms with E-state index < -0.39 is 16.1 Å². The molecule has 2 N–H and O–H groups in total. The van der Waals surface area contributed by atoms with Crippen molar-refractivity contribution in [2.45, 2.75) is 75.3 Å². The van der Waals surface area contributed by atoms with Crippen LogP contribution < -0.4 is 10.6 Å². The van der Waals surface area contributed by atoms with Crippen molar-refractivity contribution in [1.82, 2.24) is 9.62 Å². The Morgan fingerprint density at radius 2 is 1.64 bits per heavy atom. The fraction of sp³-hybridized carbons (Fsp3) is 0.441. The monoisotopic (exact) mass is 675 g/mol. The maximum Gasteiger partial charge on any atom is 0.243 e. The van der Waals surface area contributed by atoms with Crippen molar-refractivity contribution in [2.24, 2.45) is 11.8 Å². The van der Waals surface area contributed by atoms with Crippen molar-refractivity contribution in [3.63, 3.8) is 0 Å². The molecule has 0 spiro atoms. The summed E-state index contributed by atoms with van der Waals surface area (Å²) >= 11 is 18.3. The van der Waals surface area contributed by atoms with E-state index in [1.807, 2.05) is 48.5 Å². The molecule has 1 aliphatic carbocycles. The highest BCUT2D eigenvalue weighted by Crippen LogP contribution is 2.39. The minimum Gasteiger partial charge on any atom is -0.380 e. The molecule has 1 atom stereocenters. The smallest absolute Gasteiger partial charge is 0.243 e. The van der Waals surface area contributed by atoms with Gasteiger partial charge in [-0.3, -0.25) is 4.79 Å². The summed E-state index contributed by atoms with van der Waals surface area (Å²) in [5, 5.41) is 7.98. The number of nitrogens with one attached hydrogen (secondary N) is 2. The van der Waals surface area contributed by atoms with E-state index in [2.05, 4.69) is 24.5 Å². The summed E-state index contributed by atoms with van der Waals surface area (Å²) in [7, 11) is -3.92. The summed E-state index contributed by atoms with van der Waals surface area (Å²) in [6, 6.07) is 19.3. The first-order valence-electron chi connectivity index (χ1n) is 15.3. The standard InChI is InChI=1S/C34H40Cl3N3O3S/c1-34(2,39-27-13-11-26(35)12-14-27)25-9-7-23(8-10-25)17-19-38-33(41)22-32-29-6-4-3-5-24(29)18-20-40(32)44(42,43)28-15-16-30(36)31(37)21-28/h3-6,11-16,21,23,25,32,39H,7-10,17-20,22H2,1-2H3,(H,38,41). The first-order chi connectivity index (χ1) is 20.9. The normalized spacial score (nSPS) is 21.0. The molecule has 1 aliphatic heterocycles. The molecule has 44 heavy (non-hydrogen) atoms. The molecule has 3 aromatic carbocycles. The average molecular weight is 677 g/mol. The highest BCUT2D eigenvalue weighted by molar-refractivity contribution is 7.89. The van der Waals surface area contributed by atoms with Gasteiger partial charge in [-0.1, -0.05) is 71.9 Å². The summed E-state index contributed by atoms with van der Waals surface area (Å²) < 4.78 is 29.0. The number of nitrogens with zero attached hydrogens (tertiary/aromatic N) is 1. The minimum absolute atomic E-state index is 0.0349. The van der Waals surface area contributed by atoms with E-state index >= 15 is 0 Å². The van der Waals surface area contributed by atoms with E-state index in [-0.39, 0.29) is 39.4 Å². The van der Waals surface area contributed by atoms with Crippen molar-refractivity contribution in [3.05, 3.63) is 92.9 Å². The van der Waals surface area contributed by atoms with Crippen molar-refractivity contribution < 1.29 is 13.2 Å². The number of rotatable bonds is 10. The summed E-state index contributed by atoms with van der Waals surface area (Å²) in [5.41, 5.74) is 2.97. The molecule has 5 rings (SSSR count). The van der Waals surface area contributed by atoms with Crippen molar-refractivity contribution in [3.8, 4) is 0 Å². The van der Waals surface area contributed by atoms with Crippen LogP contribution in [0.2, 0.25) is 15.1 Å². The van der Waals surface area contributed by atoms with Crippen molar-refractivity contribution in [2.75, 3.05) is 18.4 Å². The fourth-order valence-corrected chi connectivity index (χ4v) is 8.87. The lowest BCUT2D eigenvalue weighted by atomic mass is 9.72. The van der Waals surface area contributed by atoms with Gasteiger partial charge >= 0.3 is 0 Å². The van der Waals surface area contributed by atoms with Gasteiger partial charge in [0.2, 0.25) is 15.9 Å². The van der Waals surface area contributed by atoms with Crippen LogP contribution in [0.4, 0.5) is 5.69 Å². The van der Waals surface area contributed by atoms with Gasteiger partial charge in [0.05, 0.1) is 21.0 Å². The second-order valence-corrected chi connectivity index (χ2v) is 15.7. The second-order valence-electron chi connectivity index (χ2n) is 12.6. The molecular weight excluding hydrogens is 637 g/mol. The average Bonchev–Trinajstić information content (AvgIpc) is 3.00. The number of sulfonamides is 1. The molecule has 1 amide bonds. The molecule has 3 aromatic rings. The van der Waals surface area contributed by atoms with Gasteiger partial charge in [0.15, 0.2) is 0 Å². The number of amides is 1. The van der Waals surface area contributed by atoms with Gasteiger partial charge in [0, 0.05) is 35.8 Å².